The number of benzene rings is 3. The van der Waals surface area contributed by atoms with Gasteiger partial charge < -0.3 is 0 Å². The smallest absolute Gasteiger partial charge is 0.170 e. The van der Waals surface area contributed by atoms with E-state index in [-0.39, 0.29) is 10.8 Å². The molecule has 0 N–H and O–H groups in total. The van der Waals surface area contributed by atoms with Crippen molar-refractivity contribution in [2.45, 2.75) is 0 Å². The monoisotopic (exact) mass is 250 g/mol. The lowest BCUT2D eigenvalue weighted by Crippen LogP contribution is -1.95. The summed E-state index contributed by atoms with van der Waals surface area (Å²) < 4.78 is 54.7. The molecule has 0 saturated carbocycles. The van der Waals surface area contributed by atoms with E-state index < -0.39 is 34.0 Å². The summed E-state index contributed by atoms with van der Waals surface area (Å²) >= 11 is 0. The zero-order valence-corrected chi connectivity index (χ0v) is 8.98. The molecule has 3 aromatic rings. The van der Waals surface area contributed by atoms with Crippen LogP contribution in [0.3, 0.4) is 0 Å². The van der Waals surface area contributed by atoms with E-state index in [4.69, 9.17) is 0 Å². The summed E-state index contributed by atoms with van der Waals surface area (Å²) in [5.41, 5.74) is 0. The van der Waals surface area contributed by atoms with Crippen molar-refractivity contribution in [1.82, 2.24) is 0 Å². The molecule has 3 aromatic carbocycles. The van der Waals surface area contributed by atoms with E-state index >= 15 is 0 Å². The van der Waals surface area contributed by atoms with E-state index in [1.807, 2.05) is 0 Å². The van der Waals surface area contributed by atoms with Crippen molar-refractivity contribution in [1.29, 1.82) is 0 Å². The maximum absolute atomic E-state index is 13.8. The Morgan fingerprint density at radius 1 is 0.556 bits per heavy atom. The summed E-state index contributed by atoms with van der Waals surface area (Å²) in [7, 11) is 0. The third kappa shape index (κ3) is 1.32. The fraction of sp³-hybridized carbons (Fsp3) is 0. The van der Waals surface area contributed by atoms with Crippen LogP contribution in [0, 0.1) is 23.3 Å². The highest BCUT2D eigenvalue weighted by Gasteiger charge is 2.19. The van der Waals surface area contributed by atoms with Crippen LogP contribution in [0.25, 0.3) is 21.5 Å². The molecule has 0 aliphatic carbocycles. The van der Waals surface area contributed by atoms with Gasteiger partial charge >= 0.3 is 0 Å². The van der Waals surface area contributed by atoms with E-state index in [1.54, 1.807) is 0 Å². The van der Waals surface area contributed by atoms with E-state index in [2.05, 4.69) is 0 Å². The minimum Gasteiger partial charge on any atom is -0.206 e. The molecule has 0 spiro atoms. The topological polar surface area (TPSA) is 0 Å². The van der Waals surface area contributed by atoms with Gasteiger partial charge in [-0.25, -0.2) is 17.6 Å². The van der Waals surface area contributed by atoms with Gasteiger partial charge in [-0.2, -0.15) is 0 Å². The van der Waals surface area contributed by atoms with Crippen LogP contribution < -0.4 is 0 Å². The molecule has 0 radical (unpaired) electrons. The number of fused-ring (bicyclic) bond motifs is 3. The Kier molecular flexibility index (Phi) is 2.26. The molecule has 0 amide bonds. The summed E-state index contributed by atoms with van der Waals surface area (Å²) in [6, 6.07) is 7.69. The Morgan fingerprint density at radius 3 is 1.33 bits per heavy atom. The standard InChI is InChI=1S/C14H6F4/c15-9-5-1-3-7-8-4-2-6-10(16)12(8)14(18)13(17)11(7)9/h1-6H. The first-order valence-electron chi connectivity index (χ1n) is 5.24. The van der Waals surface area contributed by atoms with Crippen molar-refractivity contribution < 1.29 is 17.6 Å². The predicted octanol–water partition coefficient (Wildman–Crippen LogP) is 4.55. The molecular formula is C14H6F4. The van der Waals surface area contributed by atoms with E-state index in [0.717, 1.165) is 12.1 Å². The van der Waals surface area contributed by atoms with E-state index in [1.165, 1.54) is 24.3 Å². The van der Waals surface area contributed by atoms with Crippen LogP contribution in [0.5, 0.6) is 0 Å². The van der Waals surface area contributed by atoms with Crippen LogP contribution in [-0.4, -0.2) is 0 Å². The lowest BCUT2D eigenvalue weighted by atomic mass is 10.00. The van der Waals surface area contributed by atoms with Gasteiger partial charge in [0.05, 0.1) is 10.8 Å². The lowest BCUT2D eigenvalue weighted by Gasteiger charge is -2.08. The molecule has 0 atom stereocenters. The van der Waals surface area contributed by atoms with Crippen LogP contribution in [0.4, 0.5) is 17.6 Å². The highest BCUT2D eigenvalue weighted by Crippen LogP contribution is 2.33. The molecule has 18 heavy (non-hydrogen) atoms. The summed E-state index contributed by atoms with van der Waals surface area (Å²) in [5, 5.41) is -0.590. The van der Waals surface area contributed by atoms with Crippen LogP contribution in [-0.2, 0) is 0 Å². The average Bonchev–Trinajstić information content (AvgIpc) is 2.35. The number of rotatable bonds is 0. The Balaban J connectivity index is 2.72. The van der Waals surface area contributed by atoms with Gasteiger partial charge in [0.2, 0.25) is 0 Å². The minimum absolute atomic E-state index is 0.156. The molecule has 0 unspecified atom stereocenters. The second kappa shape index (κ2) is 3.70. The Bertz CT molecular complexity index is 711. The van der Waals surface area contributed by atoms with Gasteiger partial charge in [-0.3, -0.25) is 0 Å². The molecule has 0 aliphatic heterocycles. The van der Waals surface area contributed by atoms with Crippen molar-refractivity contribution >= 4 is 21.5 Å². The molecule has 4 heteroatoms. The van der Waals surface area contributed by atoms with Gasteiger partial charge in [-0.15, -0.1) is 0 Å². The average molecular weight is 250 g/mol. The second-order valence-electron chi connectivity index (χ2n) is 3.95. The first-order chi connectivity index (χ1) is 8.61. The molecule has 0 heterocycles. The van der Waals surface area contributed by atoms with Crippen molar-refractivity contribution in [3.05, 3.63) is 59.7 Å². The maximum Gasteiger partial charge on any atom is 0.170 e. The van der Waals surface area contributed by atoms with Gasteiger partial charge in [-0.1, -0.05) is 24.3 Å². The zero-order chi connectivity index (χ0) is 12.9. The van der Waals surface area contributed by atoms with Crippen molar-refractivity contribution in [2.75, 3.05) is 0 Å². The number of hydrogen-bond acceptors (Lipinski definition) is 0. The molecule has 0 bridgehead atoms. The highest BCUT2D eigenvalue weighted by atomic mass is 19.2. The minimum atomic E-state index is -1.36. The van der Waals surface area contributed by atoms with Gasteiger partial charge in [0, 0.05) is 0 Å². The first kappa shape index (κ1) is 11.0. The largest absolute Gasteiger partial charge is 0.206 e. The third-order valence-corrected chi connectivity index (χ3v) is 2.95. The SMILES string of the molecule is Fc1cccc2c1c(F)c(F)c1c(F)cccc12. The fourth-order valence-electron chi connectivity index (χ4n) is 2.16. The molecule has 0 fully saturated rings. The van der Waals surface area contributed by atoms with E-state index in [0.29, 0.717) is 0 Å². The van der Waals surface area contributed by atoms with E-state index in [9.17, 15) is 17.6 Å². The third-order valence-electron chi connectivity index (χ3n) is 2.95. The lowest BCUT2D eigenvalue weighted by molar-refractivity contribution is 0.514. The molecular weight excluding hydrogens is 244 g/mol. The van der Waals surface area contributed by atoms with Crippen molar-refractivity contribution in [3.8, 4) is 0 Å². The van der Waals surface area contributed by atoms with Crippen LogP contribution in [0.2, 0.25) is 0 Å². The van der Waals surface area contributed by atoms with Gasteiger partial charge in [0.25, 0.3) is 0 Å². The normalized spacial score (nSPS) is 11.3. The van der Waals surface area contributed by atoms with Crippen LogP contribution in [0.15, 0.2) is 36.4 Å². The van der Waals surface area contributed by atoms with Crippen molar-refractivity contribution in [3.63, 3.8) is 0 Å². The Morgan fingerprint density at radius 2 is 0.944 bits per heavy atom. The molecule has 0 saturated heterocycles. The molecule has 3 rings (SSSR count). The quantitative estimate of drug-likeness (QED) is 0.405. The Hall–Kier alpha value is -2.10. The molecule has 0 aliphatic rings. The van der Waals surface area contributed by atoms with Crippen LogP contribution in [0.1, 0.15) is 0 Å². The highest BCUT2D eigenvalue weighted by molar-refractivity contribution is 6.08. The molecule has 90 valence electrons. The first-order valence-corrected chi connectivity index (χ1v) is 5.24. The maximum atomic E-state index is 13.8. The van der Waals surface area contributed by atoms with Gasteiger partial charge in [-0.05, 0) is 22.9 Å². The summed E-state index contributed by atoms with van der Waals surface area (Å²) in [6.07, 6.45) is 0. The number of halogens is 4. The summed E-state index contributed by atoms with van der Waals surface area (Å²) in [6.45, 7) is 0. The summed E-state index contributed by atoms with van der Waals surface area (Å²) in [5.74, 6) is -4.45. The molecule has 0 aromatic heterocycles. The summed E-state index contributed by atoms with van der Waals surface area (Å²) in [4.78, 5) is 0. The zero-order valence-electron chi connectivity index (χ0n) is 8.98. The molecule has 0 nitrogen and oxygen atoms in total. The number of hydrogen-bond donors (Lipinski definition) is 0. The Labute approximate surface area is 99.5 Å². The predicted molar refractivity (Wildman–Crippen MR) is 61.3 cm³/mol. The van der Waals surface area contributed by atoms with Gasteiger partial charge in [0.1, 0.15) is 11.6 Å². The van der Waals surface area contributed by atoms with Crippen molar-refractivity contribution in [2.24, 2.45) is 0 Å². The van der Waals surface area contributed by atoms with Crippen LogP contribution >= 0.6 is 0 Å². The van der Waals surface area contributed by atoms with Gasteiger partial charge in [0.15, 0.2) is 11.6 Å². The fourth-order valence-corrected chi connectivity index (χ4v) is 2.16. The second-order valence-corrected chi connectivity index (χ2v) is 3.95.